The Kier molecular flexibility index (Phi) is 7.21. The molecule has 3 N–H and O–H groups in total. The van der Waals surface area contributed by atoms with Crippen molar-refractivity contribution in [2.75, 3.05) is 6.61 Å². The van der Waals surface area contributed by atoms with E-state index in [1.807, 2.05) is 43.3 Å². The molecule has 1 amide bonds. The van der Waals surface area contributed by atoms with Crippen LogP contribution in [-0.4, -0.2) is 35.8 Å². The third kappa shape index (κ3) is 6.24. The van der Waals surface area contributed by atoms with Gasteiger partial charge in [0, 0.05) is 6.42 Å². The molecule has 0 aliphatic rings. The number of alkyl carbamates (subject to hydrolysis) is 1. The number of aryl methyl sites for hydroxylation is 1. The van der Waals surface area contributed by atoms with Crippen LogP contribution in [0.15, 0.2) is 48.5 Å². The van der Waals surface area contributed by atoms with Gasteiger partial charge < -0.3 is 20.1 Å². The molecule has 0 spiro atoms. The quantitative estimate of drug-likeness (QED) is 0.659. The van der Waals surface area contributed by atoms with Gasteiger partial charge in [-0.1, -0.05) is 36.4 Å². The lowest BCUT2D eigenvalue weighted by molar-refractivity contribution is 0.144. The fraction of sp³-hybridized carbons (Fsp3) is 0.263. The first-order valence-electron chi connectivity index (χ1n) is 8.32. The number of hydrogen-bond acceptors (Lipinski definition) is 5. The summed E-state index contributed by atoms with van der Waals surface area (Å²) < 4.78 is 5.12. The van der Waals surface area contributed by atoms with Crippen LogP contribution < -0.4 is 5.32 Å². The number of hydrogen-bond donors (Lipinski definition) is 3. The standard InChI is InChI=1S/C19H21BN2O4/c1-14-9-16(11-17(10-14)13-21)7-8-26-19(23)22-18(20(24)25)12-15-5-3-2-4-6-15/h2-6,9-11,18,24-25H,7-8,12H2,1H3,(H,22,23)/t18-/m0/s1. The zero-order valence-electron chi connectivity index (χ0n) is 14.6. The molecule has 134 valence electrons. The topological polar surface area (TPSA) is 103 Å². The average Bonchev–Trinajstić information content (AvgIpc) is 2.61. The molecule has 26 heavy (non-hydrogen) atoms. The van der Waals surface area contributed by atoms with Crippen molar-refractivity contribution in [2.24, 2.45) is 0 Å². The summed E-state index contributed by atoms with van der Waals surface area (Å²) in [5.74, 6) is -0.867. The summed E-state index contributed by atoms with van der Waals surface area (Å²) in [6, 6.07) is 16.8. The maximum Gasteiger partial charge on any atom is 0.475 e. The second-order valence-electron chi connectivity index (χ2n) is 6.06. The van der Waals surface area contributed by atoms with Gasteiger partial charge in [0.25, 0.3) is 0 Å². The van der Waals surface area contributed by atoms with E-state index < -0.39 is 19.2 Å². The molecule has 6 nitrogen and oxygen atoms in total. The molecule has 0 heterocycles. The van der Waals surface area contributed by atoms with Crippen molar-refractivity contribution in [3.8, 4) is 6.07 Å². The highest BCUT2D eigenvalue weighted by Gasteiger charge is 2.26. The molecule has 2 rings (SSSR count). The Bertz CT molecular complexity index is 775. The van der Waals surface area contributed by atoms with Crippen LogP contribution in [0.1, 0.15) is 22.3 Å². The van der Waals surface area contributed by atoms with E-state index in [9.17, 15) is 14.8 Å². The van der Waals surface area contributed by atoms with Crippen molar-refractivity contribution in [1.82, 2.24) is 5.32 Å². The van der Waals surface area contributed by atoms with Gasteiger partial charge in [0.1, 0.15) is 0 Å². The Morgan fingerprint density at radius 1 is 1.23 bits per heavy atom. The van der Waals surface area contributed by atoms with Crippen molar-refractivity contribution in [3.63, 3.8) is 0 Å². The Morgan fingerprint density at radius 3 is 2.62 bits per heavy atom. The van der Waals surface area contributed by atoms with Crippen molar-refractivity contribution in [1.29, 1.82) is 5.26 Å². The minimum atomic E-state index is -1.70. The third-order valence-corrected chi connectivity index (χ3v) is 3.85. The number of amides is 1. The summed E-state index contributed by atoms with van der Waals surface area (Å²) in [5.41, 5.74) is 3.30. The minimum absolute atomic E-state index is 0.125. The fourth-order valence-corrected chi connectivity index (χ4v) is 2.62. The first kappa shape index (κ1) is 19.5. The first-order chi connectivity index (χ1) is 12.5. The smallest absolute Gasteiger partial charge is 0.449 e. The lowest BCUT2D eigenvalue weighted by Crippen LogP contribution is -2.48. The predicted octanol–water partition coefficient (Wildman–Crippen LogP) is 1.76. The second kappa shape index (κ2) is 9.61. The van der Waals surface area contributed by atoms with Gasteiger partial charge in [-0.2, -0.15) is 5.26 Å². The van der Waals surface area contributed by atoms with E-state index in [0.717, 1.165) is 16.7 Å². The number of ether oxygens (including phenoxy) is 1. The second-order valence-corrected chi connectivity index (χ2v) is 6.06. The Morgan fingerprint density at radius 2 is 1.96 bits per heavy atom. The third-order valence-electron chi connectivity index (χ3n) is 3.85. The molecule has 0 aliphatic heterocycles. The number of carbonyl (C=O) groups excluding carboxylic acids is 1. The normalized spacial score (nSPS) is 11.3. The van der Waals surface area contributed by atoms with E-state index in [0.29, 0.717) is 12.0 Å². The van der Waals surface area contributed by atoms with Gasteiger partial charge in [-0.3, -0.25) is 0 Å². The molecule has 7 heteroatoms. The highest BCUT2D eigenvalue weighted by Crippen LogP contribution is 2.10. The number of carbonyl (C=O) groups is 1. The highest BCUT2D eigenvalue weighted by atomic mass is 16.5. The number of rotatable bonds is 7. The number of benzene rings is 2. The zero-order valence-corrected chi connectivity index (χ0v) is 14.6. The molecule has 0 radical (unpaired) electrons. The molecule has 0 aromatic heterocycles. The molecule has 0 unspecified atom stereocenters. The van der Waals surface area contributed by atoms with E-state index in [-0.39, 0.29) is 13.0 Å². The maximum absolute atomic E-state index is 11.9. The van der Waals surface area contributed by atoms with E-state index in [1.165, 1.54) is 0 Å². The predicted molar refractivity (Wildman–Crippen MR) is 98.2 cm³/mol. The van der Waals surface area contributed by atoms with E-state index in [4.69, 9.17) is 10.00 Å². The number of nitrogens with one attached hydrogen (secondary N) is 1. The van der Waals surface area contributed by atoms with Crippen molar-refractivity contribution < 1.29 is 19.6 Å². The number of nitriles is 1. The molecule has 0 bridgehead atoms. The molecule has 2 aromatic carbocycles. The van der Waals surface area contributed by atoms with E-state index in [1.54, 1.807) is 12.1 Å². The van der Waals surface area contributed by atoms with E-state index >= 15 is 0 Å². The van der Waals surface area contributed by atoms with Gasteiger partial charge in [0.15, 0.2) is 0 Å². The van der Waals surface area contributed by atoms with Crippen LogP contribution in [0.25, 0.3) is 0 Å². The van der Waals surface area contributed by atoms with E-state index in [2.05, 4.69) is 11.4 Å². The van der Waals surface area contributed by atoms with Gasteiger partial charge in [0.2, 0.25) is 0 Å². The largest absolute Gasteiger partial charge is 0.475 e. The first-order valence-corrected chi connectivity index (χ1v) is 8.32. The summed E-state index contributed by atoms with van der Waals surface area (Å²) in [7, 11) is -1.70. The van der Waals surface area contributed by atoms with Gasteiger partial charge in [-0.05, 0) is 42.2 Å². The highest BCUT2D eigenvalue weighted by molar-refractivity contribution is 6.43. The van der Waals surface area contributed by atoms with Gasteiger partial charge >= 0.3 is 13.2 Å². The van der Waals surface area contributed by atoms with Crippen LogP contribution in [0.4, 0.5) is 4.79 Å². The SMILES string of the molecule is Cc1cc(C#N)cc(CCOC(=O)N[C@@H](Cc2ccccc2)B(O)O)c1. The Hall–Kier alpha value is -2.82. The molecule has 0 fully saturated rings. The molecule has 1 atom stereocenters. The Balaban J connectivity index is 1.85. The van der Waals surface area contributed by atoms with Crippen LogP contribution in [0.3, 0.4) is 0 Å². The van der Waals surface area contributed by atoms with Crippen LogP contribution >= 0.6 is 0 Å². The summed E-state index contributed by atoms with van der Waals surface area (Å²) in [4.78, 5) is 11.9. The maximum atomic E-state index is 11.9. The summed E-state index contributed by atoms with van der Waals surface area (Å²) in [6.45, 7) is 2.02. The average molecular weight is 352 g/mol. The van der Waals surface area contributed by atoms with Gasteiger partial charge in [-0.15, -0.1) is 0 Å². The summed E-state index contributed by atoms with van der Waals surface area (Å²) in [6.07, 6.45) is 0.0263. The molecule has 0 saturated heterocycles. The van der Waals surface area contributed by atoms with Crippen molar-refractivity contribution in [2.45, 2.75) is 25.7 Å². The fourth-order valence-electron chi connectivity index (χ4n) is 2.62. The Labute approximate surface area is 153 Å². The van der Waals surface area contributed by atoms with Crippen LogP contribution in [0.2, 0.25) is 0 Å². The van der Waals surface area contributed by atoms with Crippen LogP contribution in [-0.2, 0) is 17.6 Å². The van der Waals surface area contributed by atoms with Crippen LogP contribution in [0, 0.1) is 18.3 Å². The lowest BCUT2D eigenvalue weighted by atomic mass is 9.76. The summed E-state index contributed by atoms with van der Waals surface area (Å²) in [5, 5.41) is 30.4. The number of nitrogens with zero attached hydrogens (tertiary/aromatic N) is 1. The molecular weight excluding hydrogens is 331 g/mol. The molecule has 0 aliphatic carbocycles. The van der Waals surface area contributed by atoms with Crippen molar-refractivity contribution in [3.05, 3.63) is 70.8 Å². The minimum Gasteiger partial charge on any atom is -0.449 e. The summed E-state index contributed by atoms with van der Waals surface area (Å²) >= 11 is 0. The molecule has 0 saturated carbocycles. The van der Waals surface area contributed by atoms with Crippen LogP contribution in [0.5, 0.6) is 0 Å². The molecular formula is C19H21BN2O4. The lowest BCUT2D eigenvalue weighted by Gasteiger charge is -2.17. The molecule has 2 aromatic rings. The van der Waals surface area contributed by atoms with Crippen molar-refractivity contribution >= 4 is 13.2 Å². The monoisotopic (exact) mass is 352 g/mol. The zero-order chi connectivity index (χ0) is 18.9. The van der Waals surface area contributed by atoms with Gasteiger partial charge in [-0.25, -0.2) is 4.79 Å². The van der Waals surface area contributed by atoms with Gasteiger partial charge in [0.05, 0.1) is 24.2 Å².